The molecule has 9 heteroatoms. The number of ether oxygens (including phenoxy) is 1. The van der Waals surface area contributed by atoms with Crippen LogP contribution in [0.15, 0.2) is 89.8 Å². The van der Waals surface area contributed by atoms with Crippen LogP contribution in [-0.4, -0.2) is 43.5 Å². The summed E-state index contributed by atoms with van der Waals surface area (Å²) in [5, 5.41) is 3.09. The van der Waals surface area contributed by atoms with E-state index in [1.54, 1.807) is 45.0 Å². The highest BCUT2D eigenvalue weighted by Crippen LogP contribution is 2.32. The highest BCUT2D eigenvalue weighted by molar-refractivity contribution is 7.89. The molecule has 1 fully saturated rings. The van der Waals surface area contributed by atoms with Gasteiger partial charge in [-0.15, -0.1) is 0 Å². The van der Waals surface area contributed by atoms with Gasteiger partial charge in [-0.1, -0.05) is 78.4 Å². The zero-order valence-corrected chi connectivity index (χ0v) is 24.1. The molecular formula is C31H37N3O5S. The summed E-state index contributed by atoms with van der Waals surface area (Å²) in [5.41, 5.74) is 1.65. The third-order valence-corrected chi connectivity index (χ3v) is 8.20. The van der Waals surface area contributed by atoms with E-state index in [9.17, 15) is 18.0 Å². The van der Waals surface area contributed by atoms with E-state index in [4.69, 9.17) is 4.74 Å². The number of nitrogens with one attached hydrogen (secondary N) is 2. The lowest BCUT2D eigenvalue weighted by atomic mass is 9.93. The molecule has 3 aromatic carbocycles. The standard InChI is InChI=1S/C31H37N3O5S/c1-22-17-19-25(20-18-22)40(37,38)33-28(24-14-9-6-10-15-24)27(23-12-7-5-8-13-23)32-29(35)26-16-11-21-34(26)30(36)39-31(2,3)4/h5-10,12-15,17-20,26-28,33H,11,16,21H2,1-4H3,(H,32,35)/t26-,27-,28-/m0/s1. The third kappa shape index (κ3) is 7.28. The number of amides is 2. The Morgan fingerprint density at radius 2 is 1.43 bits per heavy atom. The van der Waals surface area contributed by atoms with Gasteiger partial charge in [-0.25, -0.2) is 17.9 Å². The van der Waals surface area contributed by atoms with Crippen molar-refractivity contribution < 1.29 is 22.7 Å². The molecule has 0 spiro atoms. The summed E-state index contributed by atoms with van der Waals surface area (Å²) in [6, 6.07) is 22.7. The average Bonchev–Trinajstić information content (AvgIpc) is 3.41. The van der Waals surface area contributed by atoms with E-state index in [1.807, 2.05) is 67.6 Å². The predicted molar refractivity (Wildman–Crippen MR) is 154 cm³/mol. The molecule has 4 rings (SSSR count). The minimum atomic E-state index is -3.96. The Balaban J connectivity index is 1.70. The first-order valence-corrected chi connectivity index (χ1v) is 14.9. The zero-order chi connectivity index (χ0) is 28.9. The van der Waals surface area contributed by atoms with Crippen molar-refractivity contribution in [3.05, 3.63) is 102 Å². The normalized spacial score (nSPS) is 17.2. The lowest BCUT2D eigenvalue weighted by Crippen LogP contribution is -2.50. The van der Waals surface area contributed by atoms with Crippen LogP contribution >= 0.6 is 0 Å². The SMILES string of the molecule is Cc1ccc(S(=O)(=O)N[C@@H](c2ccccc2)[C@@H](NC(=O)[C@@H]2CCCN2C(=O)OC(C)(C)C)c2ccccc2)cc1. The number of hydrogen-bond acceptors (Lipinski definition) is 5. The average molecular weight is 564 g/mol. The van der Waals surface area contributed by atoms with Crippen LogP contribution in [0, 0.1) is 6.92 Å². The van der Waals surface area contributed by atoms with Gasteiger partial charge >= 0.3 is 6.09 Å². The second-order valence-corrected chi connectivity index (χ2v) is 12.8. The van der Waals surface area contributed by atoms with Gasteiger partial charge in [-0.3, -0.25) is 9.69 Å². The van der Waals surface area contributed by atoms with Gasteiger partial charge in [0, 0.05) is 6.54 Å². The van der Waals surface area contributed by atoms with Crippen LogP contribution < -0.4 is 10.0 Å². The first-order valence-electron chi connectivity index (χ1n) is 13.4. The number of hydrogen-bond donors (Lipinski definition) is 2. The number of sulfonamides is 1. The Labute approximate surface area is 236 Å². The van der Waals surface area contributed by atoms with Crippen molar-refractivity contribution in [2.75, 3.05) is 6.54 Å². The Kier molecular flexibility index (Phi) is 8.95. The second kappa shape index (κ2) is 12.2. The van der Waals surface area contributed by atoms with Crippen molar-refractivity contribution in [2.45, 2.75) is 69.2 Å². The van der Waals surface area contributed by atoms with E-state index >= 15 is 0 Å². The Bertz CT molecular complexity index is 1400. The molecule has 1 heterocycles. The molecule has 2 amide bonds. The number of likely N-dealkylation sites (tertiary alicyclic amines) is 1. The maximum absolute atomic E-state index is 13.8. The number of nitrogens with zero attached hydrogens (tertiary/aromatic N) is 1. The molecule has 0 aliphatic carbocycles. The lowest BCUT2D eigenvalue weighted by Gasteiger charge is -2.32. The molecule has 0 unspecified atom stereocenters. The topological polar surface area (TPSA) is 105 Å². The molecule has 0 bridgehead atoms. The number of aryl methyl sites for hydroxylation is 1. The van der Waals surface area contributed by atoms with Crippen molar-refractivity contribution in [3.8, 4) is 0 Å². The fraction of sp³-hybridized carbons (Fsp3) is 0.355. The van der Waals surface area contributed by atoms with E-state index in [0.29, 0.717) is 24.9 Å². The molecule has 40 heavy (non-hydrogen) atoms. The fourth-order valence-corrected chi connectivity index (χ4v) is 6.03. The van der Waals surface area contributed by atoms with Crippen LogP contribution in [0.25, 0.3) is 0 Å². The van der Waals surface area contributed by atoms with Crippen LogP contribution in [0.3, 0.4) is 0 Å². The van der Waals surface area contributed by atoms with Crippen molar-refractivity contribution in [2.24, 2.45) is 0 Å². The first kappa shape index (κ1) is 29.3. The number of carbonyl (C=O) groups excluding carboxylic acids is 2. The van der Waals surface area contributed by atoms with Gasteiger partial charge in [0.05, 0.1) is 17.0 Å². The minimum Gasteiger partial charge on any atom is -0.444 e. The molecule has 0 radical (unpaired) electrons. The van der Waals surface area contributed by atoms with E-state index in [1.165, 1.54) is 4.90 Å². The first-order chi connectivity index (χ1) is 18.9. The van der Waals surface area contributed by atoms with E-state index < -0.39 is 39.8 Å². The Hall–Kier alpha value is -3.69. The van der Waals surface area contributed by atoms with Crippen LogP contribution in [0.4, 0.5) is 4.79 Å². The van der Waals surface area contributed by atoms with Crippen molar-refractivity contribution in [3.63, 3.8) is 0 Å². The molecule has 8 nitrogen and oxygen atoms in total. The quantitative estimate of drug-likeness (QED) is 0.389. The summed E-state index contributed by atoms with van der Waals surface area (Å²) >= 11 is 0. The fourth-order valence-electron chi connectivity index (χ4n) is 4.79. The molecule has 3 atom stereocenters. The summed E-state index contributed by atoms with van der Waals surface area (Å²) in [6.07, 6.45) is 0.605. The molecule has 0 saturated carbocycles. The molecule has 1 aliphatic rings. The molecular weight excluding hydrogens is 526 g/mol. The van der Waals surface area contributed by atoms with Gasteiger partial charge in [0.2, 0.25) is 15.9 Å². The Morgan fingerprint density at radius 3 is 1.98 bits per heavy atom. The van der Waals surface area contributed by atoms with Crippen LogP contribution in [0.1, 0.15) is 62.4 Å². The van der Waals surface area contributed by atoms with Crippen LogP contribution in [0.2, 0.25) is 0 Å². The van der Waals surface area contributed by atoms with Crippen molar-refractivity contribution >= 4 is 22.0 Å². The van der Waals surface area contributed by atoms with E-state index in [2.05, 4.69) is 10.0 Å². The molecule has 0 aromatic heterocycles. The number of benzene rings is 3. The van der Waals surface area contributed by atoms with Crippen LogP contribution in [-0.2, 0) is 19.6 Å². The van der Waals surface area contributed by atoms with Gasteiger partial charge < -0.3 is 10.1 Å². The molecule has 212 valence electrons. The maximum Gasteiger partial charge on any atom is 0.410 e. The van der Waals surface area contributed by atoms with Gasteiger partial charge in [0.15, 0.2) is 0 Å². The zero-order valence-electron chi connectivity index (χ0n) is 23.3. The summed E-state index contributed by atoms with van der Waals surface area (Å²) in [5.74, 6) is -0.368. The molecule has 1 aliphatic heterocycles. The number of carbonyl (C=O) groups is 2. The predicted octanol–water partition coefficient (Wildman–Crippen LogP) is 5.27. The molecule has 2 N–H and O–H groups in total. The smallest absolute Gasteiger partial charge is 0.410 e. The minimum absolute atomic E-state index is 0.129. The maximum atomic E-state index is 13.8. The van der Waals surface area contributed by atoms with Gasteiger partial charge in [0.25, 0.3) is 0 Å². The third-order valence-electron chi connectivity index (χ3n) is 6.75. The largest absolute Gasteiger partial charge is 0.444 e. The van der Waals surface area contributed by atoms with Crippen molar-refractivity contribution in [1.82, 2.24) is 14.9 Å². The summed E-state index contributed by atoms with van der Waals surface area (Å²) in [7, 11) is -3.96. The van der Waals surface area contributed by atoms with Gasteiger partial charge in [-0.05, 0) is 63.8 Å². The molecule has 1 saturated heterocycles. The lowest BCUT2D eigenvalue weighted by molar-refractivity contribution is -0.126. The highest BCUT2D eigenvalue weighted by Gasteiger charge is 2.39. The van der Waals surface area contributed by atoms with Crippen LogP contribution in [0.5, 0.6) is 0 Å². The molecule has 3 aromatic rings. The Morgan fingerprint density at radius 1 is 0.875 bits per heavy atom. The van der Waals surface area contributed by atoms with E-state index in [-0.39, 0.29) is 10.8 Å². The highest BCUT2D eigenvalue weighted by atomic mass is 32.2. The summed E-state index contributed by atoms with van der Waals surface area (Å²) in [6.45, 7) is 7.65. The second-order valence-electron chi connectivity index (χ2n) is 11.1. The monoisotopic (exact) mass is 563 g/mol. The summed E-state index contributed by atoms with van der Waals surface area (Å²) in [4.78, 5) is 28.3. The van der Waals surface area contributed by atoms with Crippen molar-refractivity contribution in [1.29, 1.82) is 0 Å². The number of rotatable bonds is 8. The van der Waals surface area contributed by atoms with Gasteiger partial charge in [-0.2, -0.15) is 0 Å². The van der Waals surface area contributed by atoms with E-state index in [0.717, 1.165) is 11.1 Å². The summed E-state index contributed by atoms with van der Waals surface area (Å²) < 4.78 is 35.6. The van der Waals surface area contributed by atoms with Gasteiger partial charge in [0.1, 0.15) is 11.6 Å².